The first-order valence-electron chi connectivity index (χ1n) is 7.13. The van der Waals surface area contributed by atoms with Gasteiger partial charge >= 0.3 is 127 Å². The number of hydrogen-bond acceptors (Lipinski definition) is 2. The van der Waals surface area contributed by atoms with Crippen molar-refractivity contribution in [3.63, 3.8) is 0 Å². The molecule has 0 aliphatic carbocycles. The number of amides is 1. The third-order valence-corrected chi connectivity index (χ3v) is 5.62. The zero-order chi connectivity index (χ0) is 14.6. The molecule has 1 fully saturated rings. The molecule has 3 nitrogen and oxygen atoms in total. The van der Waals surface area contributed by atoms with Crippen molar-refractivity contribution in [3.8, 4) is 0 Å². The van der Waals surface area contributed by atoms with Crippen LogP contribution in [0, 0.1) is 0 Å². The van der Waals surface area contributed by atoms with Crippen LogP contribution < -0.4 is 4.46 Å². The Morgan fingerprint density at radius 3 is 2.70 bits per heavy atom. The van der Waals surface area contributed by atoms with Crippen LogP contribution in [0.5, 0.6) is 0 Å². The minimum atomic E-state index is -0.408. The van der Waals surface area contributed by atoms with Crippen LogP contribution in [0.1, 0.15) is 33.6 Å². The van der Waals surface area contributed by atoms with Gasteiger partial charge in [-0.05, 0) is 0 Å². The van der Waals surface area contributed by atoms with Gasteiger partial charge in [0, 0.05) is 0 Å². The molecule has 2 rings (SSSR count). The summed E-state index contributed by atoms with van der Waals surface area (Å²) in [6.07, 6.45) is 2.05. The van der Waals surface area contributed by atoms with E-state index in [1.54, 1.807) is 0 Å². The number of likely N-dealkylation sites (tertiary alicyclic amines) is 1. The number of rotatable bonds is 3. The zero-order valence-corrected chi connectivity index (χ0v) is 14.2. The third kappa shape index (κ3) is 4.53. The average molecular weight is 340 g/mol. The summed E-state index contributed by atoms with van der Waals surface area (Å²) in [7, 11) is 0. The van der Waals surface area contributed by atoms with Gasteiger partial charge in [0.2, 0.25) is 0 Å². The summed E-state index contributed by atoms with van der Waals surface area (Å²) in [6, 6.07) is 10.9. The molecule has 1 saturated heterocycles. The molecule has 0 aromatic heterocycles. The second kappa shape index (κ2) is 6.64. The van der Waals surface area contributed by atoms with E-state index in [0.717, 1.165) is 24.7 Å². The standard InChI is InChI=1S/C16H23NO2Se/c1-16(2,3)19-15(18)17-11-7-8-13(17)12-20-14-9-5-4-6-10-14/h4-6,9-10,13H,7-8,11-12H2,1-3H3/t13-/m0/s1. The van der Waals surface area contributed by atoms with Gasteiger partial charge in [0.1, 0.15) is 0 Å². The van der Waals surface area contributed by atoms with Crippen molar-refractivity contribution in [1.29, 1.82) is 0 Å². The molecule has 1 aliphatic heterocycles. The molecule has 4 heteroatoms. The molecule has 1 amide bonds. The first kappa shape index (κ1) is 15.4. The molecule has 0 saturated carbocycles. The molecule has 0 spiro atoms. The molecule has 1 aromatic rings. The van der Waals surface area contributed by atoms with Crippen molar-refractivity contribution in [2.24, 2.45) is 0 Å². The van der Waals surface area contributed by atoms with Gasteiger partial charge in [0.15, 0.2) is 0 Å². The summed E-state index contributed by atoms with van der Waals surface area (Å²) >= 11 is 0.427. The second-order valence-corrected chi connectivity index (χ2v) is 8.39. The van der Waals surface area contributed by atoms with Crippen molar-refractivity contribution in [2.45, 2.75) is 50.6 Å². The summed E-state index contributed by atoms with van der Waals surface area (Å²) in [4.78, 5) is 14.1. The van der Waals surface area contributed by atoms with Crippen molar-refractivity contribution in [2.75, 3.05) is 6.54 Å². The van der Waals surface area contributed by atoms with Crippen LogP contribution in [-0.2, 0) is 4.74 Å². The molecule has 0 N–H and O–H groups in total. The SMILES string of the molecule is CC(C)(C)OC(=O)N1CCC[C@H]1C[Se]c1ccccc1. The Bertz CT molecular complexity index is 442. The van der Waals surface area contributed by atoms with Crippen molar-refractivity contribution >= 4 is 25.5 Å². The van der Waals surface area contributed by atoms with E-state index in [9.17, 15) is 4.79 Å². The van der Waals surface area contributed by atoms with E-state index in [0.29, 0.717) is 21.0 Å². The van der Waals surface area contributed by atoms with Crippen LogP contribution in [0.3, 0.4) is 0 Å². The molecule has 1 heterocycles. The van der Waals surface area contributed by atoms with Gasteiger partial charge in [-0.2, -0.15) is 0 Å². The van der Waals surface area contributed by atoms with Gasteiger partial charge in [-0.15, -0.1) is 0 Å². The van der Waals surface area contributed by atoms with Crippen LogP contribution in [0.15, 0.2) is 30.3 Å². The number of benzene rings is 1. The van der Waals surface area contributed by atoms with E-state index in [4.69, 9.17) is 4.74 Å². The Morgan fingerprint density at radius 2 is 2.05 bits per heavy atom. The Morgan fingerprint density at radius 1 is 1.35 bits per heavy atom. The maximum atomic E-state index is 12.2. The number of hydrogen-bond donors (Lipinski definition) is 0. The van der Waals surface area contributed by atoms with Gasteiger partial charge in [-0.25, -0.2) is 0 Å². The topological polar surface area (TPSA) is 29.5 Å². The number of ether oxygens (including phenoxy) is 1. The molecular formula is C16H23NO2Se. The molecule has 1 atom stereocenters. The zero-order valence-electron chi connectivity index (χ0n) is 12.5. The van der Waals surface area contributed by atoms with E-state index < -0.39 is 5.60 Å². The molecule has 1 aromatic carbocycles. The fourth-order valence-corrected chi connectivity index (χ4v) is 4.55. The van der Waals surface area contributed by atoms with E-state index in [1.807, 2.05) is 31.7 Å². The van der Waals surface area contributed by atoms with Gasteiger partial charge in [-0.3, -0.25) is 0 Å². The summed E-state index contributed by atoms with van der Waals surface area (Å²) < 4.78 is 6.90. The van der Waals surface area contributed by atoms with Gasteiger partial charge in [0.25, 0.3) is 0 Å². The fraction of sp³-hybridized carbons (Fsp3) is 0.562. The number of carbonyl (C=O) groups is 1. The normalized spacial score (nSPS) is 19.1. The van der Waals surface area contributed by atoms with Crippen LogP contribution in [0.2, 0.25) is 5.32 Å². The van der Waals surface area contributed by atoms with E-state index in [2.05, 4.69) is 24.3 Å². The molecule has 0 bridgehead atoms. The van der Waals surface area contributed by atoms with E-state index in [-0.39, 0.29) is 6.09 Å². The van der Waals surface area contributed by atoms with Crippen molar-refractivity contribution < 1.29 is 9.53 Å². The van der Waals surface area contributed by atoms with Crippen LogP contribution in [0.4, 0.5) is 4.79 Å². The molecule has 1 aliphatic rings. The molecule has 0 radical (unpaired) electrons. The summed E-state index contributed by atoms with van der Waals surface area (Å²) in [5.74, 6) is 0. The first-order chi connectivity index (χ1) is 9.46. The van der Waals surface area contributed by atoms with Crippen molar-refractivity contribution in [1.82, 2.24) is 4.90 Å². The second-order valence-electron chi connectivity index (χ2n) is 6.09. The summed E-state index contributed by atoms with van der Waals surface area (Å²) in [5, 5.41) is 1.08. The Labute approximate surface area is 127 Å². The minimum absolute atomic E-state index is 0.149. The van der Waals surface area contributed by atoms with Gasteiger partial charge in [-0.1, -0.05) is 0 Å². The van der Waals surface area contributed by atoms with Crippen LogP contribution >= 0.6 is 0 Å². The monoisotopic (exact) mass is 341 g/mol. The average Bonchev–Trinajstić information content (AvgIpc) is 2.84. The number of nitrogens with zero attached hydrogens (tertiary/aromatic N) is 1. The van der Waals surface area contributed by atoms with E-state index in [1.165, 1.54) is 4.46 Å². The maximum absolute atomic E-state index is 12.2. The molecule has 0 unspecified atom stereocenters. The van der Waals surface area contributed by atoms with Gasteiger partial charge in [0.05, 0.1) is 0 Å². The third-order valence-electron chi connectivity index (χ3n) is 3.19. The van der Waals surface area contributed by atoms with Gasteiger partial charge < -0.3 is 0 Å². The summed E-state index contributed by atoms with van der Waals surface area (Å²) in [6.45, 7) is 6.60. The van der Waals surface area contributed by atoms with Crippen LogP contribution in [0.25, 0.3) is 0 Å². The Balaban J connectivity index is 1.89. The van der Waals surface area contributed by atoms with E-state index >= 15 is 0 Å². The predicted molar refractivity (Wildman–Crippen MR) is 82.6 cm³/mol. The predicted octanol–water partition coefficient (Wildman–Crippen LogP) is 2.83. The molecule has 110 valence electrons. The Hall–Kier alpha value is -0.991. The molecular weight excluding hydrogens is 317 g/mol. The quantitative estimate of drug-likeness (QED) is 0.792. The molecule has 20 heavy (non-hydrogen) atoms. The fourth-order valence-electron chi connectivity index (χ4n) is 2.28. The van der Waals surface area contributed by atoms with Crippen molar-refractivity contribution in [3.05, 3.63) is 30.3 Å². The van der Waals surface area contributed by atoms with Crippen LogP contribution in [-0.4, -0.2) is 44.1 Å². The summed E-state index contributed by atoms with van der Waals surface area (Å²) in [5.41, 5.74) is -0.408. The first-order valence-corrected chi connectivity index (χ1v) is 9.20. The number of carbonyl (C=O) groups excluding carboxylic acids is 1. The Kier molecular flexibility index (Phi) is 5.11.